The Kier molecular flexibility index (Phi) is 6.33. The average Bonchev–Trinajstić information content (AvgIpc) is 2.89. The predicted octanol–water partition coefficient (Wildman–Crippen LogP) is 3.95. The second-order valence-corrected chi connectivity index (χ2v) is 7.95. The molecule has 0 aromatic heterocycles. The lowest BCUT2D eigenvalue weighted by molar-refractivity contribution is -0.139. The van der Waals surface area contributed by atoms with Crippen LogP contribution < -0.4 is 5.32 Å². The number of halogens is 3. The largest absolute Gasteiger partial charge is 0.337 e. The second kappa shape index (κ2) is 8.62. The molecule has 1 saturated heterocycles. The minimum absolute atomic E-state index is 0.164. The molecule has 2 aromatic rings. The summed E-state index contributed by atoms with van der Waals surface area (Å²) in [5, 5.41) is 3.24. The molecule has 0 unspecified atom stereocenters. The van der Waals surface area contributed by atoms with Gasteiger partial charge in [-0.1, -0.05) is 41.4 Å². The van der Waals surface area contributed by atoms with Gasteiger partial charge < -0.3 is 10.2 Å². The van der Waals surface area contributed by atoms with Crippen LogP contribution in [0.5, 0.6) is 0 Å². The van der Waals surface area contributed by atoms with Crippen molar-refractivity contribution in [3.8, 4) is 0 Å². The van der Waals surface area contributed by atoms with Gasteiger partial charge in [0, 0.05) is 28.7 Å². The average molecular weight is 452 g/mol. The summed E-state index contributed by atoms with van der Waals surface area (Å²) in [6, 6.07) is 9.84. The maximum absolute atomic E-state index is 13.4. The normalized spacial score (nSPS) is 18.5. The molecule has 0 aliphatic carbocycles. The number of hydrogen-bond acceptors (Lipinski definition) is 3. The summed E-state index contributed by atoms with van der Waals surface area (Å²) in [7, 11) is 0. The number of nitrogens with one attached hydrogen (secondary N) is 1. The molecule has 0 saturated carbocycles. The lowest BCUT2D eigenvalue weighted by Gasteiger charge is -2.25. The standard InChI is InChI=1S/C21H20Cl2FN3O3/c1-3-26(11-13-5-4-6-15(24)9-13)18(28)12-27-19(29)21(2,25-20(27)30)16-8-7-14(22)10-17(16)23/h4-10H,3,11-12H2,1-2H3,(H,25,30)/t21-/m1/s1. The Hall–Kier alpha value is -2.64. The second-order valence-electron chi connectivity index (χ2n) is 7.11. The van der Waals surface area contributed by atoms with Gasteiger partial charge in [0.1, 0.15) is 17.9 Å². The Balaban J connectivity index is 1.78. The van der Waals surface area contributed by atoms with Crippen LogP contribution in [0.1, 0.15) is 25.0 Å². The lowest BCUT2D eigenvalue weighted by Crippen LogP contribution is -2.44. The Morgan fingerprint density at radius 1 is 1.20 bits per heavy atom. The summed E-state index contributed by atoms with van der Waals surface area (Å²) in [4.78, 5) is 40.7. The van der Waals surface area contributed by atoms with E-state index in [1.165, 1.54) is 30.0 Å². The molecule has 0 spiro atoms. The fourth-order valence-corrected chi connectivity index (χ4v) is 3.98. The molecule has 9 heteroatoms. The van der Waals surface area contributed by atoms with Crippen molar-refractivity contribution in [3.63, 3.8) is 0 Å². The quantitative estimate of drug-likeness (QED) is 0.675. The summed E-state index contributed by atoms with van der Waals surface area (Å²) >= 11 is 12.1. The molecule has 1 fully saturated rings. The molecule has 1 atom stereocenters. The molecule has 4 amide bonds. The van der Waals surface area contributed by atoms with Crippen molar-refractivity contribution < 1.29 is 18.8 Å². The number of hydrogen-bond donors (Lipinski definition) is 1. The summed E-state index contributed by atoms with van der Waals surface area (Å²) in [5.74, 6) is -1.43. The molecule has 0 radical (unpaired) electrons. The van der Waals surface area contributed by atoms with Crippen molar-refractivity contribution >= 4 is 41.0 Å². The highest BCUT2D eigenvalue weighted by Crippen LogP contribution is 2.35. The first-order valence-corrected chi connectivity index (χ1v) is 10.0. The zero-order valence-electron chi connectivity index (χ0n) is 16.4. The molecule has 1 aliphatic rings. The van der Waals surface area contributed by atoms with Gasteiger partial charge >= 0.3 is 6.03 Å². The third-order valence-electron chi connectivity index (χ3n) is 5.04. The maximum atomic E-state index is 13.4. The van der Waals surface area contributed by atoms with Crippen molar-refractivity contribution in [2.24, 2.45) is 0 Å². The van der Waals surface area contributed by atoms with Gasteiger partial charge in [-0.2, -0.15) is 0 Å². The fourth-order valence-electron chi connectivity index (χ4n) is 3.39. The van der Waals surface area contributed by atoms with Gasteiger partial charge in [-0.25, -0.2) is 9.18 Å². The smallest absolute Gasteiger partial charge is 0.325 e. The molecular weight excluding hydrogens is 432 g/mol. The minimum atomic E-state index is -1.42. The number of amides is 4. The highest BCUT2D eigenvalue weighted by Gasteiger charge is 2.50. The topological polar surface area (TPSA) is 69.7 Å². The minimum Gasteiger partial charge on any atom is -0.337 e. The molecule has 30 heavy (non-hydrogen) atoms. The number of carbonyl (C=O) groups excluding carboxylic acids is 3. The Labute approximate surface area is 183 Å². The van der Waals surface area contributed by atoms with Crippen LogP contribution in [-0.4, -0.2) is 40.7 Å². The van der Waals surface area contributed by atoms with E-state index in [2.05, 4.69) is 5.32 Å². The van der Waals surface area contributed by atoms with E-state index in [1.54, 1.807) is 31.2 Å². The first-order valence-electron chi connectivity index (χ1n) is 9.27. The summed E-state index contributed by atoms with van der Waals surface area (Å²) < 4.78 is 13.4. The Morgan fingerprint density at radius 2 is 1.93 bits per heavy atom. The van der Waals surface area contributed by atoms with Gasteiger partial charge in [-0.05, 0) is 43.7 Å². The van der Waals surface area contributed by atoms with Gasteiger partial charge in [-0.3, -0.25) is 14.5 Å². The monoisotopic (exact) mass is 451 g/mol. The van der Waals surface area contributed by atoms with Crippen molar-refractivity contribution in [1.29, 1.82) is 0 Å². The highest BCUT2D eigenvalue weighted by atomic mass is 35.5. The first kappa shape index (κ1) is 22.1. The van der Waals surface area contributed by atoms with Gasteiger partial charge in [0.25, 0.3) is 5.91 Å². The van der Waals surface area contributed by atoms with Crippen LogP contribution in [0.25, 0.3) is 0 Å². The fraction of sp³-hybridized carbons (Fsp3) is 0.286. The molecule has 1 heterocycles. The van der Waals surface area contributed by atoms with Gasteiger partial charge in [0.2, 0.25) is 5.91 Å². The van der Waals surface area contributed by atoms with Crippen LogP contribution in [0, 0.1) is 5.82 Å². The van der Waals surface area contributed by atoms with E-state index in [4.69, 9.17) is 23.2 Å². The molecule has 2 aromatic carbocycles. The van der Waals surface area contributed by atoms with Gasteiger partial charge in [-0.15, -0.1) is 0 Å². The molecular formula is C21H20Cl2FN3O3. The maximum Gasteiger partial charge on any atom is 0.325 e. The van der Waals surface area contributed by atoms with E-state index in [9.17, 15) is 18.8 Å². The number of urea groups is 1. The van der Waals surface area contributed by atoms with Gasteiger partial charge in [0.05, 0.1) is 0 Å². The number of benzene rings is 2. The van der Waals surface area contributed by atoms with Crippen molar-refractivity contribution in [3.05, 3.63) is 69.5 Å². The SMILES string of the molecule is CCN(Cc1cccc(F)c1)C(=O)CN1C(=O)N[C@](C)(c2ccc(Cl)cc2Cl)C1=O. The van der Waals surface area contributed by atoms with E-state index in [-0.39, 0.29) is 11.6 Å². The summed E-state index contributed by atoms with van der Waals surface area (Å²) in [6.45, 7) is 3.35. The van der Waals surface area contributed by atoms with Crippen molar-refractivity contribution in [2.45, 2.75) is 25.9 Å². The zero-order valence-corrected chi connectivity index (χ0v) is 17.9. The van der Waals surface area contributed by atoms with Crippen LogP contribution in [-0.2, 0) is 21.7 Å². The third kappa shape index (κ3) is 4.27. The number of imide groups is 1. The van der Waals surface area contributed by atoms with Crippen LogP contribution in [0.3, 0.4) is 0 Å². The summed E-state index contributed by atoms with van der Waals surface area (Å²) in [6.07, 6.45) is 0. The van der Waals surface area contributed by atoms with E-state index in [1.807, 2.05) is 0 Å². The number of rotatable bonds is 6. The zero-order chi connectivity index (χ0) is 22.1. The molecule has 1 aliphatic heterocycles. The molecule has 158 valence electrons. The number of nitrogens with zero attached hydrogens (tertiary/aromatic N) is 2. The van der Waals surface area contributed by atoms with E-state index >= 15 is 0 Å². The molecule has 3 rings (SSSR count). The number of carbonyl (C=O) groups is 3. The van der Waals surface area contributed by atoms with Crippen LogP contribution >= 0.6 is 23.2 Å². The Morgan fingerprint density at radius 3 is 2.57 bits per heavy atom. The number of likely N-dealkylation sites (N-methyl/N-ethyl adjacent to an activating group) is 1. The molecule has 1 N–H and O–H groups in total. The highest BCUT2D eigenvalue weighted by molar-refractivity contribution is 6.35. The summed E-state index contributed by atoms with van der Waals surface area (Å²) in [5.41, 5.74) is -0.423. The van der Waals surface area contributed by atoms with E-state index in [0.717, 1.165) is 4.90 Å². The molecule has 0 bridgehead atoms. The molecule has 6 nitrogen and oxygen atoms in total. The lowest BCUT2D eigenvalue weighted by atomic mass is 9.92. The van der Waals surface area contributed by atoms with Crippen molar-refractivity contribution in [1.82, 2.24) is 15.1 Å². The van der Waals surface area contributed by atoms with Crippen LogP contribution in [0.15, 0.2) is 42.5 Å². The van der Waals surface area contributed by atoms with E-state index < -0.39 is 35.7 Å². The van der Waals surface area contributed by atoms with Crippen LogP contribution in [0.4, 0.5) is 9.18 Å². The van der Waals surface area contributed by atoms with E-state index in [0.29, 0.717) is 22.7 Å². The third-order valence-corrected chi connectivity index (χ3v) is 5.58. The van der Waals surface area contributed by atoms with Gasteiger partial charge in [0.15, 0.2) is 0 Å². The van der Waals surface area contributed by atoms with Crippen molar-refractivity contribution in [2.75, 3.05) is 13.1 Å². The van der Waals surface area contributed by atoms with Crippen LogP contribution in [0.2, 0.25) is 10.0 Å². The Bertz CT molecular complexity index is 1020. The predicted molar refractivity (Wildman–Crippen MR) is 112 cm³/mol. The first-order chi connectivity index (χ1) is 14.2.